The molecule has 0 aromatic carbocycles. The highest BCUT2D eigenvalue weighted by Crippen LogP contribution is 2.14. The summed E-state index contributed by atoms with van der Waals surface area (Å²) in [6, 6.07) is 0.510. The van der Waals surface area contributed by atoms with Crippen LogP contribution in [0.15, 0.2) is 0 Å². The Morgan fingerprint density at radius 1 is 1.32 bits per heavy atom. The molecule has 0 spiro atoms. The molecule has 0 radical (unpaired) electrons. The molecular formula is C15H32N2O2. The van der Waals surface area contributed by atoms with Gasteiger partial charge in [0.05, 0.1) is 7.11 Å². The molecule has 0 aromatic rings. The molecule has 1 atom stereocenters. The topological polar surface area (TPSA) is 41.6 Å². The number of likely N-dealkylation sites (N-methyl/N-ethyl adjacent to an activating group) is 1. The largest absolute Gasteiger partial charge is 0.468 e. The van der Waals surface area contributed by atoms with Crippen molar-refractivity contribution in [3.8, 4) is 0 Å². The van der Waals surface area contributed by atoms with Crippen molar-refractivity contribution in [2.24, 2.45) is 0 Å². The van der Waals surface area contributed by atoms with Gasteiger partial charge in [-0.3, -0.25) is 4.79 Å². The van der Waals surface area contributed by atoms with Crippen LogP contribution in [0.25, 0.3) is 0 Å². The second-order valence-electron chi connectivity index (χ2n) is 5.66. The number of hydrogen-bond acceptors (Lipinski definition) is 4. The van der Waals surface area contributed by atoms with Gasteiger partial charge in [0, 0.05) is 12.6 Å². The second-order valence-corrected chi connectivity index (χ2v) is 5.66. The lowest BCUT2D eigenvalue weighted by Crippen LogP contribution is -2.51. The van der Waals surface area contributed by atoms with E-state index in [1.165, 1.54) is 26.4 Å². The Bertz CT molecular complexity index is 257. The lowest BCUT2D eigenvalue weighted by molar-refractivity contribution is -0.148. The Morgan fingerprint density at radius 2 is 1.95 bits per heavy atom. The molecule has 0 aromatic heterocycles. The fourth-order valence-corrected chi connectivity index (χ4v) is 2.11. The van der Waals surface area contributed by atoms with Gasteiger partial charge in [-0.05, 0) is 47.2 Å². The fraction of sp³-hybridized carbons (Fsp3) is 0.933. The lowest BCUT2D eigenvalue weighted by Gasteiger charge is -2.32. The fourth-order valence-electron chi connectivity index (χ4n) is 2.11. The Hall–Kier alpha value is -0.610. The van der Waals surface area contributed by atoms with Crippen LogP contribution in [0.4, 0.5) is 0 Å². The molecule has 0 aliphatic rings. The first-order valence-electron chi connectivity index (χ1n) is 7.42. The van der Waals surface area contributed by atoms with Crippen LogP contribution in [0.1, 0.15) is 53.4 Å². The molecule has 4 nitrogen and oxygen atoms in total. The minimum absolute atomic E-state index is 0.188. The van der Waals surface area contributed by atoms with E-state index in [1.54, 1.807) is 0 Å². The average molecular weight is 272 g/mol. The van der Waals surface area contributed by atoms with Crippen molar-refractivity contribution in [3.05, 3.63) is 0 Å². The quantitative estimate of drug-likeness (QED) is 0.490. The van der Waals surface area contributed by atoms with Crippen molar-refractivity contribution in [1.82, 2.24) is 10.2 Å². The van der Waals surface area contributed by atoms with Crippen LogP contribution in [0, 0.1) is 0 Å². The molecule has 0 rings (SSSR count). The van der Waals surface area contributed by atoms with E-state index in [1.807, 2.05) is 14.0 Å². The molecule has 0 saturated heterocycles. The molecule has 0 aliphatic heterocycles. The number of hydrogen-bond donors (Lipinski definition) is 1. The van der Waals surface area contributed by atoms with E-state index in [0.717, 1.165) is 19.5 Å². The van der Waals surface area contributed by atoms with Crippen molar-refractivity contribution in [2.45, 2.75) is 65.0 Å². The predicted octanol–water partition coefficient (Wildman–Crippen LogP) is 2.43. The van der Waals surface area contributed by atoms with Crippen molar-refractivity contribution < 1.29 is 9.53 Å². The molecule has 0 saturated carbocycles. The zero-order chi connectivity index (χ0) is 14.9. The molecule has 4 heteroatoms. The molecule has 1 N–H and O–H groups in total. The van der Waals surface area contributed by atoms with E-state index < -0.39 is 5.54 Å². The first-order chi connectivity index (χ1) is 8.91. The van der Waals surface area contributed by atoms with Crippen molar-refractivity contribution in [3.63, 3.8) is 0 Å². The van der Waals surface area contributed by atoms with Gasteiger partial charge in [-0.15, -0.1) is 0 Å². The first-order valence-corrected chi connectivity index (χ1v) is 7.42. The van der Waals surface area contributed by atoms with Gasteiger partial charge >= 0.3 is 5.97 Å². The standard InChI is InChI=1S/C15H32N2O2/c1-7-8-9-11-17(13(2)3)12-10-15(4,16-5)14(18)19-6/h13,16H,7-12H2,1-6H3. The highest BCUT2D eigenvalue weighted by molar-refractivity contribution is 5.80. The Kier molecular flexibility index (Phi) is 9.02. The number of nitrogens with one attached hydrogen (secondary N) is 1. The molecule has 0 fully saturated rings. The van der Waals surface area contributed by atoms with Crippen LogP contribution in [-0.4, -0.2) is 49.7 Å². The van der Waals surface area contributed by atoms with Crippen LogP contribution in [-0.2, 0) is 9.53 Å². The maximum absolute atomic E-state index is 11.8. The molecule has 1 unspecified atom stereocenters. The Balaban J connectivity index is 4.39. The van der Waals surface area contributed by atoms with Gasteiger partial charge < -0.3 is 15.0 Å². The summed E-state index contributed by atoms with van der Waals surface area (Å²) in [5.74, 6) is -0.188. The van der Waals surface area contributed by atoms with Crippen molar-refractivity contribution in [1.29, 1.82) is 0 Å². The number of methoxy groups -OCH3 is 1. The number of unbranched alkanes of at least 4 members (excludes halogenated alkanes) is 2. The number of ether oxygens (including phenoxy) is 1. The van der Waals surface area contributed by atoms with Crippen LogP contribution in [0.2, 0.25) is 0 Å². The Labute approximate surface area is 118 Å². The molecular weight excluding hydrogens is 240 g/mol. The maximum Gasteiger partial charge on any atom is 0.325 e. The lowest BCUT2D eigenvalue weighted by atomic mass is 9.97. The van der Waals surface area contributed by atoms with Gasteiger partial charge in [-0.25, -0.2) is 0 Å². The summed E-state index contributed by atoms with van der Waals surface area (Å²) in [6.07, 6.45) is 4.50. The molecule has 0 amide bonds. The molecule has 0 aliphatic carbocycles. The van der Waals surface area contributed by atoms with Gasteiger partial charge in [0.15, 0.2) is 0 Å². The Morgan fingerprint density at radius 3 is 2.37 bits per heavy atom. The number of nitrogens with zero attached hydrogens (tertiary/aromatic N) is 1. The molecule has 0 heterocycles. The van der Waals surface area contributed by atoms with E-state index in [9.17, 15) is 4.79 Å². The summed E-state index contributed by atoms with van der Waals surface area (Å²) < 4.78 is 4.88. The van der Waals surface area contributed by atoms with Gasteiger partial charge in [0.25, 0.3) is 0 Å². The third-order valence-corrected chi connectivity index (χ3v) is 3.87. The smallest absolute Gasteiger partial charge is 0.325 e. The number of rotatable bonds is 10. The minimum Gasteiger partial charge on any atom is -0.468 e. The van der Waals surface area contributed by atoms with Crippen molar-refractivity contribution >= 4 is 5.97 Å². The monoisotopic (exact) mass is 272 g/mol. The zero-order valence-corrected chi connectivity index (χ0v) is 13.6. The van der Waals surface area contributed by atoms with Crippen LogP contribution in [0.3, 0.4) is 0 Å². The summed E-state index contributed by atoms with van der Waals surface area (Å²) in [4.78, 5) is 14.2. The van der Waals surface area contributed by atoms with Crippen LogP contribution < -0.4 is 5.32 Å². The first kappa shape index (κ1) is 18.4. The van der Waals surface area contributed by atoms with E-state index in [-0.39, 0.29) is 5.97 Å². The second kappa shape index (κ2) is 9.32. The molecule has 19 heavy (non-hydrogen) atoms. The zero-order valence-electron chi connectivity index (χ0n) is 13.6. The van der Waals surface area contributed by atoms with Gasteiger partial charge in [0.1, 0.15) is 5.54 Å². The summed E-state index contributed by atoms with van der Waals surface area (Å²) >= 11 is 0. The molecule has 0 bridgehead atoms. The van der Waals surface area contributed by atoms with E-state index in [2.05, 4.69) is 31.0 Å². The van der Waals surface area contributed by atoms with Crippen molar-refractivity contribution in [2.75, 3.05) is 27.2 Å². The number of carbonyl (C=O) groups is 1. The highest BCUT2D eigenvalue weighted by atomic mass is 16.5. The summed E-state index contributed by atoms with van der Waals surface area (Å²) in [6.45, 7) is 10.6. The van der Waals surface area contributed by atoms with Crippen LogP contribution >= 0.6 is 0 Å². The maximum atomic E-state index is 11.8. The number of carbonyl (C=O) groups excluding carboxylic acids is 1. The van der Waals surface area contributed by atoms with Gasteiger partial charge in [0.2, 0.25) is 0 Å². The average Bonchev–Trinajstić information content (AvgIpc) is 2.40. The minimum atomic E-state index is -0.591. The van der Waals surface area contributed by atoms with E-state index in [4.69, 9.17) is 4.74 Å². The van der Waals surface area contributed by atoms with Crippen LogP contribution in [0.5, 0.6) is 0 Å². The van der Waals surface area contributed by atoms with Gasteiger partial charge in [-0.1, -0.05) is 19.8 Å². The third-order valence-electron chi connectivity index (χ3n) is 3.87. The summed E-state index contributed by atoms with van der Waals surface area (Å²) in [7, 11) is 3.26. The normalized spacial score (nSPS) is 14.7. The number of esters is 1. The highest BCUT2D eigenvalue weighted by Gasteiger charge is 2.32. The van der Waals surface area contributed by atoms with Gasteiger partial charge in [-0.2, -0.15) is 0 Å². The summed E-state index contributed by atoms with van der Waals surface area (Å²) in [5.41, 5.74) is -0.591. The molecule has 114 valence electrons. The predicted molar refractivity (Wildman–Crippen MR) is 80.3 cm³/mol. The third kappa shape index (κ3) is 6.39. The summed E-state index contributed by atoms with van der Waals surface area (Å²) in [5, 5.41) is 3.09. The van der Waals surface area contributed by atoms with E-state index >= 15 is 0 Å². The van der Waals surface area contributed by atoms with E-state index in [0.29, 0.717) is 6.04 Å². The SMILES string of the molecule is CCCCCN(CCC(C)(NC)C(=O)OC)C(C)C.